The fourth-order valence-corrected chi connectivity index (χ4v) is 2.33. The SMILES string of the molecule is CCN1CCCC(NC(=O)c2ccc(NN)cn2)C1. The minimum absolute atomic E-state index is 0.119. The predicted octanol–water partition coefficient (Wildman–Crippen LogP) is 0.581. The van der Waals surface area contributed by atoms with Crippen LogP contribution in [-0.2, 0) is 0 Å². The van der Waals surface area contributed by atoms with Crippen LogP contribution in [0.3, 0.4) is 0 Å². The van der Waals surface area contributed by atoms with Crippen LogP contribution < -0.4 is 16.6 Å². The van der Waals surface area contributed by atoms with Crippen LogP contribution in [0, 0.1) is 0 Å². The Bertz CT molecular complexity index is 420. The molecule has 1 aromatic rings. The van der Waals surface area contributed by atoms with Gasteiger partial charge in [0.2, 0.25) is 0 Å². The van der Waals surface area contributed by atoms with E-state index in [1.165, 1.54) is 0 Å². The van der Waals surface area contributed by atoms with Crippen molar-refractivity contribution in [2.45, 2.75) is 25.8 Å². The normalized spacial score (nSPS) is 20.0. The number of likely N-dealkylation sites (N-methyl/N-ethyl adjacent to an activating group) is 1. The van der Waals surface area contributed by atoms with Crippen LogP contribution in [0.1, 0.15) is 30.3 Å². The number of aromatic nitrogens is 1. The van der Waals surface area contributed by atoms with E-state index in [1.807, 2.05) is 0 Å². The van der Waals surface area contributed by atoms with Crippen molar-refractivity contribution < 1.29 is 4.79 Å². The van der Waals surface area contributed by atoms with Gasteiger partial charge in [-0.05, 0) is 38.1 Å². The molecule has 0 saturated carbocycles. The summed E-state index contributed by atoms with van der Waals surface area (Å²) in [5.41, 5.74) is 3.60. The van der Waals surface area contributed by atoms with Gasteiger partial charge in [0, 0.05) is 12.6 Å². The van der Waals surface area contributed by atoms with Gasteiger partial charge in [-0.3, -0.25) is 10.6 Å². The lowest BCUT2D eigenvalue weighted by Gasteiger charge is -2.32. The van der Waals surface area contributed by atoms with Gasteiger partial charge in [0.05, 0.1) is 11.9 Å². The van der Waals surface area contributed by atoms with E-state index in [2.05, 4.69) is 27.6 Å². The van der Waals surface area contributed by atoms with Gasteiger partial charge in [-0.1, -0.05) is 6.92 Å². The Labute approximate surface area is 113 Å². The number of rotatable bonds is 4. The van der Waals surface area contributed by atoms with Crippen LogP contribution in [0.15, 0.2) is 18.3 Å². The molecule has 1 fully saturated rings. The smallest absolute Gasteiger partial charge is 0.270 e. The molecule has 0 aromatic carbocycles. The van der Waals surface area contributed by atoms with Crippen LogP contribution in [0.2, 0.25) is 0 Å². The number of hydrogen-bond donors (Lipinski definition) is 3. The molecule has 4 N–H and O–H groups in total. The minimum Gasteiger partial charge on any atom is -0.347 e. The standard InChI is InChI=1S/C13H21N5O/c1-2-18-7-3-4-11(9-18)16-13(19)12-6-5-10(17-14)8-15-12/h5-6,8,11,17H,2-4,7,9,14H2,1H3,(H,16,19). The zero-order valence-electron chi connectivity index (χ0n) is 11.2. The summed E-state index contributed by atoms with van der Waals surface area (Å²) in [6.07, 6.45) is 3.71. The van der Waals surface area contributed by atoms with Gasteiger partial charge in [-0.15, -0.1) is 0 Å². The first-order chi connectivity index (χ1) is 9.22. The molecule has 0 aliphatic carbocycles. The number of pyridine rings is 1. The Morgan fingerprint density at radius 1 is 1.58 bits per heavy atom. The number of nitrogens with one attached hydrogen (secondary N) is 2. The second kappa shape index (κ2) is 6.49. The Kier molecular flexibility index (Phi) is 4.70. The van der Waals surface area contributed by atoms with Crippen LogP contribution in [0.5, 0.6) is 0 Å². The molecular weight excluding hydrogens is 242 g/mol. The molecule has 6 nitrogen and oxygen atoms in total. The molecule has 1 saturated heterocycles. The maximum atomic E-state index is 12.1. The van der Waals surface area contributed by atoms with Crippen molar-refractivity contribution in [1.82, 2.24) is 15.2 Å². The van der Waals surface area contributed by atoms with Crippen molar-refractivity contribution >= 4 is 11.6 Å². The van der Waals surface area contributed by atoms with E-state index in [0.29, 0.717) is 11.4 Å². The number of carbonyl (C=O) groups excluding carboxylic acids is 1. The highest BCUT2D eigenvalue weighted by atomic mass is 16.1. The molecule has 1 aromatic heterocycles. The zero-order valence-corrected chi connectivity index (χ0v) is 11.2. The average molecular weight is 263 g/mol. The highest BCUT2D eigenvalue weighted by Crippen LogP contribution is 2.10. The molecule has 104 valence electrons. The van der Waals surface area contributed by atoms with Crippen molar-refractivity contribution in [3.05, 3.63) is 24.0 Å². The average Bonchev–Trinajstić information content (AvgIpc) is 2.47. The van der Waals surface area contributed by atoms with Gasteiger partial charge < -0.3 is 15.6 Å². The maximum absolute atomic E-state index is 12.1. The summed E-state index contributed by atoms with van der Waals surface area (Å²) >= 11 is 0. The molecule has 2 rings (SSSR count). The number of nitrogens with two attached hydrogens (primary N) is 1. The molecule has 1 aliphatic heterocycles. The number of amides is 1. The minimum atomic E-state index is -0.119. The van der Waals surface area contributed by atoms with Crippen LogP contribution in [0.4, 0.5) is 5.69 Å². The maximum Gasteiger partial charge on any atom is 0.270 e. The molecule has 0 bridgehead atoms. The summed E-state index contributed by atoms with van der Waals surface area (Å²) in [7, 11) is 0. The quantitative estimate of drug-likeness (QED) is 0.547. The molecule has 19 heavy (non-hydrogen) atoms. The fourth-order valence-electron chi connectivity index (χ4n) is 2.33. The van der Waals surface area contributed by atoms with E-state index < -0.39 is 0 Å². The topological polar surface area (TPSA) is 83.3 Å². The predicted molar refractivity (Wildman–Crippen MR) is 74.6 cm³/mol. The third kappa shape index (κ3) is 3.65. The summed E-state index contributed by atoms with van der Waals surface area (Å²) < 4.78 is 0. The summed E-state index contributed by atoms with van der Waals surface area (Å²) in [5, 5.41) is 3.04. The highest BCUT2D eigenvalue weighted by Gasteiger charge is 2.21. The highest BCUT2D eigenvalue weighted by molar-refractivity contribution is 5.92. The van der Waals surface area contributed by atoms with Crippen molar-refractivity contribution in [2.24, 2.45) is 5.84 Å². The lowest BCUT2D eigenvalue weighted by Crippen LogP contribution is -2.47. The van der Waals surface area contributed by atoms with E-state index in [-0.39, 0.29) is 11.9 Å². The van der Waals surface area contributed by atoms with Gasteiger partial charge in [-0.2, -0.15) is 0 Å². The molecule has 0 radical (unpaired) electrons. The molecule has 1 aliphatic rings. The number of likely N-dealkylation sites (tertiary alicyclic amines) is 1. The van der Waals surface area contributed by atoms with Crippen molar-refractivity contribution in [2.75, 3.05) is 25.1 Å². The number of nitrogens with zero attached hydrogens (tertiary/aromatic N) is 2. The van der Waals surface area contributed by atoms with Crippen molar-refractivity contribution in [1.29, 1.82) is 0 Å². The summed E-state index contributed by atoms with van der Waals surface area (Å²) in [4.78, 5) is 18.5. The number of hydrogen-bond acceptors (Lipinski definition) is 5. The van der Waals surface area contributed by atoms with Gasteiger partial charge in [0.1, 0.15) is 5.69 Å². The van der Waals surface area contributed by atoms with E-state index >= 15 is 0 Å². The van der Waals surface area contributed by atoms with E-state index in [9.17, 15) is 4.79 Å². The third-order valence-corrected chi connectivity index (χ3v) is 3.45. The fraction of sp³-hybridized carbons (Fsp3) is 0.538. The Balaban J connectivity index is 1.92. The second-order valence-electron chi connectivity index (χ2n) is 4.78. The van der Waals surface area contributed by atoms with Gasteiger partial charge >= 0.3 is 0 Å². The first kappa shape index (κ1) is 13.8. The number of carbonyl (C=O) groups is 1. The van der Waals surface area contributed by atoms with Gasteiger partial charge in [0.25, 0.3) is 5.91 Å². The van der Waals surface area contributed by atoms with E-state index in [4.69, 9.17) is 5.84 Å². The van der Waals surface area contributed by atoms with Crippen molar-refractivity contribution in [3.8, 4) is 0 Å². The summed E-state index contributed by atoms with van der Waals surface area (Å²) in [6.45, 7) is 5.22. The number of nitrogen functional groups attached to an aromatic ring is 1. The van der Waals surface area contributed by atoms with Crippen LogP contribution in [0.25, 0.3) is 0 Å². The molecule has 1 atom stereocenters. The molecule has 0 spiro atoms. The molecule has 1 unspecified atom stereocenters. The molecule has 2 heterocycles. The third-order valence-electron chi connectivity index (χ3n) is 3.45. The first-order valence-electron chi connectivity index (χ1n) is 6.68. The van der Waals surface area contributed by atoms with Gasteiger partial charge in [-0.25, -0.2) is 4.98 Å². The zero-order chi connectivity index (χ0) is 13.7. The monoisotopic (exact) mass is 263 g/mol. The number of piperidine rings is 1. The Morgan fingerprint density at radius 3 is 3.05 bits per heavy atom. The Morgan fingerprint density at radius 2 is 2.42 bits per heavy atom. The summed E-state index contributed by atoms with van der Waals surface area (Å²) in [6, 6.07) is 3.63. The van der Waals surface area contributed by atoms with Crippen LogP contribution in [-0.4, -0.2) is 41.5 Å². The van der Waals surface area contributed by atoms with Crippen molar-refractivity contribution in [3.63, 3.8) is 0 Å². The lowest BCUT2D eigenvalue weighted by molar-refractivity contribution is 0.0901. The van der Waals surface area contributed by atoms with E-state index in [0.717, 1.165) is 32.5 Å². The van der Waals surface area contributed by atoms with E-state index in [1.54, 1.807) is 18.3 Å². The first-order valence-corrected chi connectivity index (χ1v) is 6.68. The lowest BCUT2D eigenvalue weighted by atomic mass is 10.1. The van der Waals surface area contributed by atoms with Gasteiger partial charge in [0.15, 0.2) is 0 Å². The summed E-state index contributed by atoms with van der Waals surface area (Å²) in [5.74, 6) is 5.14. The Hall–Kier alpha value is -1.66. The number of hydrazine groups is 1. The number of anilines is 1. The molecule has 1 amide bonds. The molecular formula is C13H21N5O. The largest absolute Gasteiger partial charge is 0.347 e. The van der Waals surface area contributed by atoms with Crippen LogP contribution >= 0.6 is 0 Å². The second-order valence-corrected chi connectivity index (χ2v) is 4.78. The molecule has 6 heteroatoms.